The molecule has 4 rings (SSSR count). The Bertz CT molecular complexity index is 1210. The summed E-state index contributed by atoms with van der Waals surface area (Å²) in [6.45, 7) is 8.29. The predicted molar refractivity (Wildman–Crippen MR) is 133 cm³/mol. The first-order chi connectivity index (χ1) is 16.5. The number of benzene rings is 1. The first-order valence-corrected chi connectivity index (χ1v) is 11.5. The van der Waals surface area contributed by atoms with Gasteiger partial charge in [-0.15, -0.1) is 10.2 Å². The Labute approximate surface area is 204 Å². The molecule has 1 aliphatic heterocycles. The number of likely N-dealkylation sites (N-methyl/N-ethyl adjacent to an activating group) is 1. The van der Waals surface area contributed by atoms with E-state index in [0.29, 0.717) is 33.3 Å². The Morgan fingerprint density at radius 3 is 2.56 bits per heavy atom. The fraction of sp³-hybridized carbons (Fsp3) is 0.280. The number of nitrogens with one attached hydrogen (secondary N) is 1. The molecule has 174 valence electrons. The summed E-state index contributed by atoms with van der Waals surface area (Å²) in [6, 6.07) is 10.6. The molecule has 1 fully saturated rings. The van der Waals surface area contributed by atoms with Crippen molar-refractivity contribution in [2.45, 2.75) is 13.5 Å². The van der Waals surface area contributed by atoms with E-state index in [1.165, 1.54) is 6.20 Å². The van der Waals surface area contributed by atoms with Crippen molar-refractivity contribution in [2.75, 3.05) is 43.8 Å². The van der Waals surface area contributed by atoms with E-state index in [1.54, 1.807) is 30.5 Å². The fourth-order valence-corrected chi connectivity index (χ4v) is 3.88. The summed E-state index contributed by atoms with van der Waals surface area (Å²) in [5.74, 6) is 5.86. The number of nitrogens with two attached hydrogens (primary N) is 1. The lowest BCUT2D eigenvalue weighted by atomic mass is 10.1. The van der Waals surface area contributed by atoms with Crippen LogP contribution in [0.15, 0.2) is 48.8 Å². The average molecular weight is 476 g/mol. The van der Waals surface area contributed by atoms with Crippen LogP contribution >= 0.6 is 11.6 Å². The van der Waals surface area contributed by atoms with Gasteiger partial charge in [-0.3, -0.25) is 14.7 Å². The number of nitrogen functional groups attached to an aromatic ring is 1. The molecule has 8 nitrogen and oxygen atoms in total. The Hall–Kier alpha value is -3.51. The van der Waals surface area contributed by atoms with Crippen LogP contribution in [0, 0.1) is 11.8 Å². The minimum atomic E-state index is -0.289. The molecule has 0 bridgehead atoms. The standard InChI is InChI=1S/C25H26ClN7O/c1-2-32-9-11-33(12-10-32)17-19-4-6-22(14-23(19)26)29-25(34)20-13-18(15-28-16-20)3-5-21-7-8-24(27)31-30-21/h4,6-8,13-16H,2,9-12,17H2,1H3,(H2,27,31)(H,29,34). The lowest BCUT2D eigenvalue weighted by Gasteiger charge is -2.34. The van der Waals surface area contributed by atoms with E-state index >= 15 is 0 Å². The van der Waals surface area contributed by atoms with E-state index in [4.69, 9.17) is 17.3 Å². The number of piperazine rings is 1. The number of halogens is 1. The van der Waals surface area contributed by atoms with Crippen molar-refractivity contribution in [1.82, 2.24) is 25.0 Å². The molecule has 0 unspecified atom stereocenters. The molecule has 1 amide bonds. The van der Waals surface area contributed by atoms with Gasteiger partial charge in [-0.25, -0.2) is 0 Å². The molecular weight excluding hydrogens is 450 g/mol. The Morgan fingerprint density at radius 1 is 1.06 bits per heavy atom. The molecule has 1 aliphatic rings. The van der Waals surface area contributed by atoms with Gasteiger partial charge < -0.3 is 16.0 Å². The molecule has 34 heavy (non-hydrogen) atoms. The average Bonchev–Trinajstić information content (AvgIpc) is 2.86. The molecular formula is C25H26ClN7O. The number of hydrogen-bond acceptors (Lipinski definition) is 7. The lowest BCUT2D eigenvalue weighted by molar-refractivity contribution is 0.102. The first kappa shape index (κ1) is 23.6. The molecule has 1 saturated heterocycles. The number of pyridine rings is 1. The monoisotopic (exact) mass is 475 g/mol. The molecule has 1 aromatic carbocycles. The number of rotatable bonds is 5. The molecule has 0 aliphatic carbocycles. The quantitative estimate of drug-likeness (QED) is 0.547. The van der Waals surface area contributed by atoms with E-state index < -0.39 is 0 Å². The zero-order valence-electron chi connectivity index (χ0n) is 19.0. The highest BCUT2D eigenvalue weighted by molar-refractivity contribution is 6.31. The number of amides is 1. The summed E-state index contributed by atoms with van der Waals surface area (Å²) >= 11 is 6.53. The van der Waals surface area contributed by atoms with Crippen molar-refractivity contribution in [2.24, 2.45) is 0 Å². The van der Waals surface area contributed by atoms with Crippen LogP contribution in [0.5, 0.6) is 0 Å². The minimum absolute atomic E-state index is 0.289. The summed E-state index contributed by atoms with van der Waals surface area (Å²) in [5, 5.41) is 11.2. The van der Waals surface area contributed by atoms with Gasteiger partial charge in [0.25, 0.3) is 5.91 Å². The third kappa shape index (κ3) is 6.29. The third-order valence-electron chi connectivity index (χ3n) is 5.64. The van der Waals surface area contributed by atoms with E-state index in [1.807, 2.05) is 12.1 Å². The van der Waals surface area contributed by atoms with Crippen LogP contribution in [0.1, 0.15) is 34.1 Å². The van der Waals surface area contributed by atoms with Gasteiger partial charge in [0.15, 0.2) is 0 Å². The van der Waals surface area contributed by atoms with Gasteiger partial charge in [0.1, 0.15) is 11.5 Å². The topological polar surface area (TPSA) is 100 Å². The van der Waals surface area contributed by atoms with Gasteiger partial charge in [-0.05, 0) is 48.4 Å². The number of carbonyl (C=O) groups excluding carboxylic acids is 1. The molecule has 0 saturated carbocycles. The van der Waals surface area contributed by atoms with Crippen LogP contribution in [0.25, 0.3) is 0 Å². The number of nitrogens with zero attached hydrogens (tertiary/aromatic N) is 5. The summed E-state index contributed by atoms with van der Waals surface area (Å²) in [5.41, 5.74) is 8.67. The SMILES string of the molecule is CCN1CCN(Cc2ccc(NC(=O)c3cncc(C#Cc4ccc(N)nn4)c3)cc2Cl)CC1. The smallest absolute Gasteiger partial charge is 0.257 e. The Balaban J connectivity index is 1.38. The van der Waals surface area contributed by atoms with Crippen LogP contribution < -0.4 is 11.1 Å². The largest absolute Gasteiger partial charge is 0.382 e. The Kier molecular flexibility index (Phi) is 7.70. The minimum Gasteiger partial charge on any atom is -0.382 e. The second kappa shape index (κ2) is 11.1. The van der Waals surface area contributed by atoms with Crippen LogP contribution in [0.3, 0.4) is 0 Å². The molecule has 9 heteroatoms. The molecule has 0 atom stereocenters. The van der Waals surface area contributed by atoms with Crippen molar-refractivity contribution in [3.63, 3.8) is 0 Å². The van der Waals surface area contributed by atoms with Crippen molar-refractivity contribution in [3.8, 4) is 11.8 Å². The molecule has 3 aromatic rings. The fourth-order valence-electron chi connectivity index (χ4n) is 3.64. The highest BCUT2D eigenvalue weighted by Crippen LogP contribution is 2.23. The normalized spacial score (nSPS) is 14.3. The van der Waals surface area contributed by atoms with Crippen LogP contribution in [-0.2, 0) is 6.54 Å². The van der Waals surface area contributed by atoms with Gasteiger partial charge in [-0.1, -0.05) is 30.5 Å². The van der Waals surface area contributed by atoms with E-state index in [2.05, 4.69) is 49.1 Å². The number of carbonyl (C=O) groups is 1. The van der Waals surface area contributed by atoms with Crippen LogP contribution in [0.4, 0.5) is 11.5 Å². The number of hydrogen-bond donors (Lipinski definition) is 2. The van der Waals surface area contributed by atoms with Gasteiger partial charge in [0.05, 0.1) is 5.56 Å². The Morgan fingerprint density at radius 2 is 1.85 bits per heavy atom. The van der Waals surface area contributed by atoms with Crippen LogP contribution in [0.2, 0.25) is 5.02 Å². The maximum atomic E-state index is 12.8. The summed E-state index contributed by atoms with van der Waals surface area (Å²) in [6.07, 6.45) is 3.08. The van der Waals surface area contributed by atoms with Gasteiger partial charge >= 0.3 is 0 Å². The zero-order chi connectivity index (χ0) is 23.9. The van der Waals surface area contributed by atoms with Crippen molar-refractivity contribution in [3.05, 3.63) is 76.2 Å². The highest BCUT2D eigenvalue weighted by atomic mass is 35.5. The first-order valence-electron chi connectivity index (χ1n) is 11.1. The van der Waals surface area contributed by atoms with Gasteiger partial charge in [0, 0.05) is 61.4 Å². The van der Waals surface area contributed by atoms with Gasteiger partial charge in [0.2, 0.25) is 0 Å². The summed E-state index contributed by atoms with van der Waals surface area (Å²) in [7, 11) is 0. The van der Waals surface area contributed by atoms with Gasteiger partial charge in [-0.2, -0.15) is 0 Å². The van der Waals surface area contributed by atoms with Crippen molar-refractivity contribution in [1.29, 1.82) is 0 Å². The van der Waals surface area contributed by atoms with Crippen molar-refractivity contribution < 1.29 is 4.79 Å². The lowest BCUT2D eigenvalue weighted by Crippen LogP contribution is -2.45. The second-order valence-electron chi connectivity index (χ2n) is 8.03. The highest BCUT2D eigenvalue weighted by Gasteiger charge is 2.17. The molecule has 3 heterocycles. The molecule has 2 aromatic heterocycles. The van der Waals surface area contributed by atoms with E-state index in [0.717, 1.165) is 44.8 Å². The van der Waals surface area contributed by atoms with E-state index in [9.17, 15) is 4.79 Å². The predicted octanol–water partition coefficient (Wildman–Crippen LogP) is 2.90. The second-order valence-corrected chi connectivity index (χ2v) is 8.43. The molecule has 0 radical (unpaired) electrons. The van der Waals surface area contributed by atoms with Crippen molar-refractivity contribution >= 4 is 29.0 Å². The third-order valence-corrected chi connectivity index (χ3v) is 5.99. The summed E-state index contributed by atoms with van der Waals surface area (Å²) in [4.78, 5) is 21.7. The number of anilines is 2. The number of aromatic nitrogens is 3. The molecule has 0 spiro atoms. The maximum Gasteiger partial charge on any atom is 0.257 e. The molecule has 3 N–H and O–H groups in total. The zero-order valence-corrected chi connectivity index (χ0v) is 19.7. The maximum absolute atomic E-state index is 12.8. The van der Waals surface area contributed by atoms with Crippen LogP contribution in [-0.4, -0.2) is 63.6 Å². The summed E-state index contributed by atoms with van der Waals surface area (Å²) < 4.78 is 0. The van der Waals surface area contributed by atoms with E-state index in [-0.39, 0.29) is 5.91 Å².